The van der Waals surface area contributed by atoms with Gasteiger partial charge < -0.3 is 19.3 Å². The molecule has 1 saturated heterocycles. The molecule has 0 aromatic heterocycles. The minimum absolute atomic E-state index is 0.104. The van der Waals surface area contributed by atoms with Gasteiger partial charge in [0.05, 0.1) is 43.7 Å². The van der Waals surface area contributed by atoms with Crippen molar-refractivity contribution in [2.45, 2.75) is 9.64 Å². The number of rotatable bonds is 5. The molecule has 1 aliphatic rings. The van der Waals surface area contributed by atoms with Crippen LogP contribution in [0.5, 0.6) is 11.5 Å². The van der Waals surface area contributed by atoms with Gasteiger partial charge in [0.2, 0.25) is 0 Å². The second-order valence-electron chi connectivity index (χ2n) is 3.95. The molecular formula is C12H16O4S. The average molecular weight is 256 g/mol. The Balaban J connectivity index is 2.20. The van der Waals surface area contributed by atoms with Crippen molar-refractivity contribution in [3.8, 4) is 11.5 Å². The standard InChI is InChI=1S/C12H16O4S/c1-14-9-3-4-11(10(5-9)15-2)17-12(6-13)7-16-8-12/h3-5,13H,6-8H2,1-2H3. The minimum atomic E-state index is -0.220. The van der Waals surface area contributed by atoms with Crippen LogP contribution in [0.2, 0.25) is 0 Å². The molecule has 1 fully saturated rings. The van der Waals surface area contributed by atoms with Crippen LogP contribution in [0.3, 0.4) is 0 Å². The molecule has 0 unspecified atom stereocenters. The molecule has 0 bridgehead atoms. The summed E-state index contributed by atoms with van der Waals surface area (Å²) in [5.74, 6) is 1.52. The van der Waals surface area contributed by atoms with Crippen LogP contribution in [0, 0.1) is 0 Å². The molecule has 0 amide bonds. The molecule has 0 radical (unpaired) electrons. The lowest BCUT2D eigenvalue weighted by molar-refractivity contribution is -0.0319. The minimum Gasteiger partial charge on any atom is -0.497 e. The topological polar surface area (TPSA) is 47.9 Å². The summed E-state index contributed by atoms with van der Waals surface area (Å²) in [5, 5.41) is 9.40. The number of benzene rings is 1. The van der Waals surface area contributed by atoms with Gasteiger partial charge in [-0.25, -0.2) is 0 Å². The molecule has 1 aliphatic heterocycles. The van der Waals surface area contributed by atoms with Crippen LogP contribution in [0.15, 0.2) is 23.1 Å². The maximum atomic E-state index is 9.40. The Morgan fingerprint density at radius 2 is 2.12 bits per heavy atom. The van der Waals surface area contributed by atoms with Gasteiger partial charge in [-0.3, -0.25) is 0 Å². The summed E-state index contributed by atoms with van der Waals surface area (Å²) < 4.78 is 15.4. The van der Waals surface area contributed by atoms with Gasteiger partial charge in [-0.05, 0) is 12.1 Å². The van der Waals surface area contributed by atoms with Gasteiger partial charge >= 0.3 is 0 Å². The third kappa shape index (κ3) is 2.51. The summed E-state index contributed by atoms with van der Waals surface area (Å²) in [6.07, 6.45) is 0. The van der Waals surface area contributed by atoms with Crippen LogP contribution >= 0.6 is 11.8 Å². The van der Waals surface area contributed by atoms with E-state index in [4.69, 9.17) is 14.2 Å². The van der Waals surface area contributed by atoms with Gasteiger partial charge in [0.1, 0.15) is 11.5 Å². The number of thioether (sulfide) groups is 1. The number of aliphatic hydroxyl groups is 1. The Morgan fingerprint density at radius 1 is 1.35 bits per heavy atom. The summed E-state index contributed by atoms with van der Waals surface area (Å²) in [6.45, 7) is 1.25. The van der Waals surface area contributed by atoms with Crippen molar-refractivity contribution < 1.29 is 19.3 Å². The van der Waals surface area contributed by atoms with Gasteiger partial charge in [-0.1, -0.05) is 0 Å². The van der Waals surface area contributed by atoms with E-state index in [1.807, 2.05) is 18.2 Å². The Labute approximate surface area is 105 Å². The van der Waals surface area contributed by atoms with Gasteiger partial charge in [0.25, 0.3) is 0 Å². The lowest BCUT2D eigenvalue weighted by Gasteiger charge is -2.39. The van der Waals surface area contributed by atoms with Gasteiger partial charge in [0.15, 0.2) is 0 Å². The van der Waals surface area contributed by atoms with Crippen molar-refractivity contribution in [2.75, 3.05) is 34.0 Å². The summed E-state index contributed by atoms with van der Waals surface area (Å²) in [4.78, 5) is 0.991. The van der Waals surface area contributed by atoms with Crippen LogP contribution in [-0.4, -0.2) is 43.9 Å². The first-order valence-electron chi connectivity index (χ1n) is 5.33. The van der Waals surface area contributed by atoms with E-state index >= 15 is 0 Å². The highest BCUT2D eigenvalue weighted by Gasteiger charge is 2.39. The zero-order valence-corrected chi connectivity index (χ0v) is 10.8. The molecule has 1 aromatic carbocycles. The normalized spacial score (nSPS) is 17.4. The summed E-state index contributed by atoms with van der Waals surface area (Å²) in [5.41, 5.74) is 0. The first-order valence-corrected chi connectivity index (χ1v) is 6.14. The van der Waals surface area contributed by atoms with Gasteiger partial charge in [0, 0.05) is 6.07 Å². The molecule has 17 heavy (non-hydrogen) atoms. The number of ether oxygens (including phenoxy) is 3. The summed E-state index contributed by atoms with van der Waals surface area (Å²) in [7, 11) is 3.25. The molecule has 0 spiro atoms. The van der Waals surface area contributed by atoms with Crippen molar-refractivity contribution in [1.82, 2.24) is 0 Å². The highest BCUT2D eigenvalue weighted by molar-refractivity contribution is 8.01. The SMILES string of the molecule is COc1ccc(SC2(CO)COC2)c(OC)c1. The quantitative estimate of drug-likeness (QED) is 0.866. The van der Waals surface area contributed by atoms with Crippen LogP contribution in [-0.2, 0) is 4.74 Å². The molecule has 0 atom stereocenters. The van der Waals surface area contributed by atoms with Crippen LogP contribution < -0.4 is 9.47 Å². The van der Waals surface area contributed by atoms with E-state index in [2.05, 4.69) is 0 Å². The number of hydrogen-bond acceptors (Lipinski definition) is 5. The number of hydrogen-bond donors (Lipinski definition) is 1. The van der Waals surface area contributed by atoms with E-state index in [9.17, 15) is 5.11 Å². The lowest BCUT2D eigenvalue weighted by atomic mass is 10.1. The highest BCUT2D eigenvalue weighted by Crippen LogP contribution is 2.43. The van der Waals surface area contributed by atoms with Crippen LogP contribution in [0.25, 0.3) is 0 Å². The first-order chi connectivity index (χ1) is 8.23. The van der Waals surface area contributed by atoms with Crippen molar-refractivity contribution in [1.29, 1.82) is 0 Å². The van der Waals surface area contributed by atoms with E-state index in [1.165, 1.54) is 0 Å². The molecule has 0 aliphatic carbocycles. The number of aliphatic hydroxyl groups excluding tert-OH is 1. The fourth-order valence-electron chi connectivity index (χ4n) is 1.60. The van der Waals surface area contributed by atoms with Crippen molar-refractivity contribution in [3.05, 3.63) is 18.2 Å². The smallest absolute Gasteiger partial charge is 0.136 e. The Morgan fingerprint density at radius 3 is 2.59 bits per heavy atom. The fourth-order valence-corrected chi connectivity index (χ4v) is 2.80. The maximum Gasteiger partial charge on any atom is 0.136 e. The molecule has 1 aromatic rings. The Hall–Kier alpha value is -0.910. The van der Waals surface area contributed by atoms with Gasteiger partial charge in [-0.15, -0.1) is 11.8 Å². The summed E-state index contributed by atoms with van der Waals surface area (Å²) >= 11 is 1.59. The predicted octanol–water partition coefficient (Wildman–Crippen LogP) is 1.56. The predicted molar refractivity (Wildman–Crippen MR) is 66.0 cm³/mol. The third-order valence-electron chi connectivity index (χ3n) is 2.72. The average Bonchev–Trinajstić information content (AvgIpc) is 2.34. The molecule has 2 rings (SSSR count). The monoisotopic (exact) mass is 256 g/mol. The van der Waals surface area contributed by atoms with Crippen LogP contribution in [0.4, 0.5) is 0 Å². The zero-order chi connectivity index (χ0) is 12.3. The lowest BCUT2D eigenvalue weighted by Crippen LogP contribution is -2.49. The molecular weight excluding hydrogens is 240 g/mol. The van der Waals surface area contributed by atoms with Crippen molar-refractivity contribution in [3.63, 3.8) is 0 Å². The molecule has 4 nitrogen and oxygen atoms in total. The second kappa shape index (κ2) is 5.16. The Bertz CT molecular complexity index is 385. The Kier molecular flexibility index (Phi) is 3.81. The van der Waals surface area contributed by atoms with Gasteiger partial charge in [-0.2, -0.15) is 0 Å². The van der Waals surface area contributed by atoms with E-state index in [0.29, 0.717) is 13.2 Å². The zero-order valence-electron chi connectivity index (χ0n) is 9.93. The molecule has 1 heterocycles. The molecule has 94 valence electrons. The summed E-state index contributed by atoms with van der Waals surface area (Å²) in [6, 6.07) is 5.67. The van der Waals surface area contributed by atoms with E-state index in [0.717, 1.165) is 16.4 Å². The van der Waals surface area contributed by atoms with Crippen molar-refractivity contribution in [2.24, 2.45) is 0 Å². The fraction of sp³-hybridized carbons (Fsp3) is 0.500. The second-order valence-corrected chi connectivity index (χ2v) is 5.46. The van der Waals surface area contributed by atoms with E-state index in [-0.39, 0.29) is 11.4 Å². The largest absolute Gasteiger partial charge is 0.497 e. The molecule has 5 heteroatoms. The third-order valence-corrected chi connectivity index (χ3v) is 4.07. The molecule has 0 saturated carbocycles. The van der Waals surface area contributed by atoms with E-state index in [1.54, 1.807) is 26.0 Å². The first kappa shape index (κ1) is 12.5. The van der Waals surface area contributed by atoms with E-state index < -0.39 is 0 Å². The maximum absolute atomic E-state index is 9.40. The van der Waals surface area contributed by atoms with Crippen LogP contribution in [0.1, 0.15) is 0 Å². The number of methoxy groups -OCH3 is 2. The van der Waals surface area contributed by atoms with Crippen molar-refractivity contribution >= 4 is 11.8 Å². The molecule has 1 N–H and O–H groups in total. The highest BCUT2D eigenvalue weighted by atomic mass is 32.2.